The number of benzene rings is 1. The standard InChI is InChI=1S/C15H19ClN4O/c1-3-4-9-17-15(21)13-14(16)20(19-18-13)10-12-7-5-11(2)6-8-12/h5-8H,3-4,9-10H2,1-2H3,(H,17,21). The predicted molar refractivity (Wildman–Crippen MR) is 82.6 cm³/mol. The summed E-state index contributed by atoms with van der Waals surface area (Å²) in [5.41, 5.74) is 2.43. The first-order chi connectivity index (χ1) is 10.1. The molecule has 0 fully saturated rings. The van der Waals surface area contributed by atoms with Gasteiger partial charge in [0, 0.05) is 6.54 Å². The summed E-state index contributed by atoms with van der Waals surface area (Å²) >= 11 is 6.19. The van der Waals surface area contributed by atoms with Gasteiger partial charge in [-0.2, -0.15) is 0 Å². The van der Waals surface area contributed by atoms with Crippen LogP contribution in [0.5, 0.6) is 0 Å². The SMILES string of the molecule is CCCCNC(=O)c1nnn(Cc2ccc(C)cc2)c1Cl. The van der Waals surface area contributed by atoms with Crippen LogP contribution in [0.1, 0.15) is 41.4 Å². The van der Waals surface area contributed by atoms with Crippen molar-refractivity contribution < 1.29 is 4.79 Å². The van der Waals surface area contributed by atoms with Crippen LogP contribution in [0.4, 0.5) is 0 Å². The van der Waals surface area contributed by atoms with Crippen LogP contribution < -0.4 is 5.32 Å². The van der Waals surface area contributed by atoms with Crippen LogP contribution in [-0.4, -0.2) is 27.4 Å². The zero-order chi connectivity index (χ0) is 15.2. The summed E-state index contributed by atoms with van der Waals surface area (Å²) in [6.45, 7) is 5.22. The van der Waals surface area contributed by atoms with E-state index in [1.54, 1.807) is 0 Å². The fraction of sp³-hybridized carbons (Fsp3) is 0.400. The van der Waals surface area contributed by atoms with Crippen LogP contribution in [0.2, 0.25) is 5.15 Å². The molecule has 21 heavy (non-hydrogen) atoms. The molecule has 2 rings (SSSR count). The highest BCUT2D eigenvalue weighted by molar-refractivity contribution is 6.32. The minimum Gasteiger partial charge on any atom is -0.351 e. The van der Waals surface area contributed by atoms with Gasteiger partial charge in [-0.15, -0.1) is 5.10 Å². The number of hydrogen-bond donors (Lipinski definition) is 1. The number of carbonyl (C=O) groups is 1. The van der Waals surface area contributed by atoms with Crippen molar-refractivity contribution in [2.24, 2.45) is 0 Å². The summed E-state index contributed by atoms with van der Waals surface area (Å²) in [5.74, 6) is -0.274. The van der Waals surface area contributed by atoms with Crippen LogP contribution >= 0.6 is 11.6 Å². The molecule has 0 unspecified atom stereocenters. The zero-order valence-electron chi connectivity index (χ0n) is 12.3. The molecule has 0 radical (unpaired) electrons. The van der Waals surface area contributed by atoms with Crippen molar-refractivity contribution >= 4 is 17.5 Å². The molecule has 112 valence electrons. The van der Waals surface area contributed by atoms with E-state index in [-0.39, 0.29) is 16.8 Å². The van der Waals surface area contributed by atoms with Gasteiger partial charge in [-0.1, -0.05) is 60.0 Å². The molecule has 0 atom stereocenters. The number of carbonyl (C=O) groups excluding carboxylic acids is 1. The van der Waals surface area contributed by atoms with Crippen molar-refractivity contribution in [3.63, 3.8) is 0 Å². The maximum atomic E-state index is 11.9. The van der Waals surface area contributed by atoms with Crippen molar-refractivity contribution in [2.45, 2.75) is 33.2 Å². The molecule has 5 nitrogen and oxygen atoms in total. The van der Waals surface area contributed by atoms with Gasteiger partial charge >= 0.3 is 0 Å². The second kappa shape index (κ2) is 7.22. The average Bonchev–Trinajstić information content (AvgIpc) is 2.83. The lowest BCUT2D eigenvalue weighted by Gasteiger charge is -2.04. The van der Waals surface area contributed by atoms with E-state index in [2.05, 4.69) is 22.6 Å². The van der Waals surface area contributed by atoms with Gasteiger partial charge in [0.2, 0.25) is 0 Å². The number of amides is 1. The van der Waals surface area contributed by atoms with E-state index in [0.29, 0.717) is 13.1 Å². The lowest BCUT2D eigenvalue weighted by molar-refractivity contribution is 0.0948. The third kappa shape index (κ3) is 4.04. The van der Waals surface area contributed by atoms with Gasteiger partial charge in [-0.3, -0.25) is 4.79 Å². The maximum Gasteiger partial charge on any atom is 0.275 e. The Kier molecular flexibility index (Phi) is 5.33. The minimum atomic E-state index is -0.274. The van der Waals surface area contributed by atoms with Crippen molar-refractivity contribution in [2.75, 3.05) is 6.54 Å². The molecule has 1 aromatic carbocycles. The molecule has 0 aliphatic heterocycles. The molecule has 1 aromatic heterocycles. The lowest BCUT2D eigenvalue weighted by atomic mass is 10.1. The Balaban J connectivity index is 2.06. The lowest BCUT2D eigenvalue weighted by Crippen LogP contribution is -2.25. The first-order valence-corrected chi connectivity index (χ1v) is 7.42. The Bertz CT molecular complexity index is 607. The number of hydrogen-bond acceptors (Lipinski definition) is 3. The smallest absolute Gasteiger partial charge is 0.275 e. The third-order valence-corrected chi connectivity index (χ3v) is 3.53. The van der Waals surface area contributed by atoms with Gasteiger partial charge in [0.15, 0.2) is 10.8 Å². The van der Waals surface area contributed by atoms with Crippen molar-refractivity contribution in [3.8, 4) is 0 Å². The van der Waals surface area contributed by atoms with Crippen LogP contribution in [0.25, 0.3) is 0 Å². The second-order valence-electron chi connectivity index (χ2n) is 4.98. The minimum absolute atomic E-state index is 0.180. The average molecular weight is 307 g/mol. The topological polar surface area (TPSA) is 59.8 Å². The number of nitrogens with zero attached hydrogens (tertiary/aromatic N) is 3. The van der Waals surface area contributed by atoms with Gasteiger partial charge in [-0.05, 0) is 18.9 Å². The first-order valence-electron chi connectivity index (χ1n) is 7.04. The van der Waals surface area contributed by atoms with Gasteiger partial charge in [-0.25, -0.2) is 4.68 Å². The van der Waals surface area contributed by atoms with Crippen LogP contribution in [0, 0.1) is 6.92 Å². The van der Waals surface area contributed by atoms with Gasteiger partial charge < -0.3 is 5.32 Å². The van der Waals surface area contributed by atoms with Crippen LogP contribution in [-0.2, 0) is 6.54 Å². The van der Waals surface area contributed by atoms with Crippen molar-refractivity contribution in [3.05, 3.63) is 46.2 Å². The first kappa shape index (κ1) is 15.5. The maximum absolute atomic E-state index is 11.9. The number of aryl methyl sites for hydroxylation is 1. The van der Waals surface area contributed by atoms with Crippen LogP contribution in [0.15, 0.2) is 24.3 Å². The van der Waals surface area contributed by atoms with Crippen LogP contribution in [0.3, 0.4) is 0 Å². The molecule has 0 spiro atoms. The normalized spacial score (nSPS) is 10.6. The second-order valence-corrected chi connectivity index (χ2v) is 5.34. The van der Waals surface area contributed by atoms with Crippen molar-refractivity contribution in [1.82, 2.24) is 20.3 Å². The Morgan fingerprint density at radius 3 is 2.71 bits per heavy atom. The number of unbranched alkanes of at least 4 members (excludes halogenated alkanes) is 1. The largest absolute Gasteiger partial charge is 0.351 e. The molecule has 1 heterocycles. The van der Waals surface area contributed by atoms with Crippen molar-refractivity contribution in [1.29, 1.82) is 0 Å². The number of nitrogens with one attached hydrogen (secondary N) is 1. The van der Waals surface area contributed by atoms with E-state index in [9.17, 15) is 4.79 Å². The van der Waals surface area contributed by atoms with E-state index in [0.717, 1.165) is 18.4 Å². The molecule has 0 saturated carbocycles. The molecular formula is C15H19ClN4O. The van der Waals surface area contributed by atoms with E-state index in [1.807, 2.05) is 31.2 Å². The Hall–Kier alpha value is -1.88. The molecular weight excluding hydrogens is 288 g/mol. The summed E-state index contributed by atoms with van der Waals surface area (Å²) in [7, 11) is 0. The van der Waals surface area contributed by atoms with E-state index >= 15 is 0 Å². The molecule has 0 bridgehead atoms. The highest BCUT2D eigenvalue weighted by atomic mass is 35.5. The van der Waals surface area contributed by atoms with E-state index < -0.39 is 0 Å². The number of rotatable bonds is 6. The number of halogens is 1. The molecule has 1 N–H and O–H groups in total. The molecule has 0 aliphatic carbocycles. The fourth-order valence-electron chi connectivity index (χ4n) is 1.87. The summed E-state index contributed by atoms with van der Waals surface area (Å²) in [4.78, 5) is 11.9. The number of aromatic nitrogens is 3. The van der Waals surface area contributed by atoms with Gasteiger partial charge in [0.25, 0.3) is 5.91 Å². The Morgan fingerprint density at radius 2 is 2.05 bits per heavy atom. The summed E-state index contributed by atoms with van der Waals surface area (Å²) < 4.78 is 1.53. The van der Waals surface area contributed by atoms with Gasteiger partial charge in [0.1, 0.15) is 0 Å². The highest BCUT2D eigenvalue weighted by Gasteiger charge is 2.17. The summed E-state index contributed by atoms with van der Waals surface area (Å²) in [6, 6.07) is 8.07. The quantitative estimate of drug-likeness (QED) is 0.835. The molecule has 1 amide bonds. The fourth-order valence-corrected chi connectivity index (χ4v) is 2.09. The zero-order valence-corrected chi connectivity index (χ0v) is 13.0. The highest BCUT2D eigenvalue weighted by Crippen LogP contribution is 2.15. The monoisotopic (exact) mass is 306 g/mol. The van der Waals surface area contributed by atoms with E-state index in [4.69, 9.17) is 11.6 Å². The molecule has 6 heteroatoms. The molecule has 0 saturated heterocycles. The third-order valence-electron chi connectivity index (χ3n) is 3.16. The Morgan fingerprint density at radius 1 is 1.33 bits per heavy atom. The predicted octanol–water partition coefficient (Wildman–Crippen LogP) is 2.82. The molecule has 2 aromatic rings. The van der Waals surface area contributed by atoms with Gasteiger partial charge in [0.05, 0.1) is 6.54 Å². The Labute approximate surface area is 129 Å². The van der Waals surface area contributed by atoms with E-state index in [1.165, 1.54) is 10.2 Å². The summed E-state index contributed by atoms with van der Waals surface area (Å²) in [5, 5.41) is 10.9. The molecule has 0 aliphatic rings. The summed E-state index contributed by atoms with van der Waals surface area (Å²) in [6.07, 6.45) is 1.95.